The molecular weight excluding hydrogens is 326 g/mol. The summed E-state index contributed by atoms with van der Waals surface area (Å²) in [6.45, 7) is 4.29. The maximum absolute atomic E-state index is 12.4. The third-order valence-electron chi connectivity index (χ3n) is 4.09. The zero-order valence-corrected chi connectivity index (χ0v) is 15.9. The van der Waals surface area contributed by atoms with Gasteiger partial charge < -0.3 is 14.8 Å². The van der Waals surface area contributed by atoms with E-state index in [-0.39, 0.29) is 11.9 Å². The molecule has 0 aliphatic heterocycles. The van der Waals surface area contributed by atoms with Gasteiger partial charge in [-0.25, -0.2) is 0 Å². The van der Waals surface area contributed by atoms with Crippen molar-refractivity contribution in [3.05, 3.63) is 65.7 Å². The number of para-hydroxylation sites is 1. The number of hydrogen-bond donors (Lipinski definition) is 1. The highest BCUT2D eigenvalue weighted by Gasteiger charge is 2.15. The number of nitrogens with one attached hydrogen (secondary N) is 1. The molecule has 4 heteroatoms. The summed E-state index contributed by atoms with van der Waals surface area (Å²) in [6.07, 6.45) is 4.18. The molecule has 2 aromatic carbocycles. The first-order chi connectivity index (χ1) is 12.5. The Morgan fingerprint density at radius 3 is 2.35 bits per heavy atom. The van der Waals surface area contributed by atoms with E-state index in [0.29, 0.717) is 5.92 Å². The van der Waals surface area contributed by atoms with Crippen molar-refractivity contribution in [2.45, 2.75) is 26.3 Å². The molecule has 26 heavy (non-hydrogen) atoms. The minimum atomic E-state index is -0.127. The zero-order chi connectivity index (χ0) is 18.9. The fraction of sp³-hybridized carbons (Fsp3) is 0.318. The van der Waals surface area contributed by atoms with Crippen LogP contribution in [0.15, 0.2) is 54.6 Å². The van der Waals surface area contributed by atoms with Crippen molar-refractivity contribution in [2.24, 2.45) is 5.92 Å². The average Bonchev–Trinajstić information content (AvgIpc) is 2.65. The van der Waals surface area contributed by atoms with E-state index in [9.17, 15) is 4.79 Å². The molecule has 0 aliphatic carbocycles. The van der Waals surface area contributed by atoms with Crippen molar-refractivity contribution in [3.63, 3.8) is 0 Å². The van der Waals surface area contributed by atoms with Crippen LogP contribution < -0.4 is 14.8 Å². The van der Waals surface area contributed by atoms with E-state index in [2.05, 4.69) is 19.2 Å². The molecule has 0 heterocycles. The first-order valence-corrected chi connectivity index (χ1v) is 8.79. The first-order valence-electron chi connectivity index (χ1n) is 8.79. The maximum atomic E-state index is 12.4. The van der Waals surface area contributed by atoms with Gasteiger partial charge >= 0.3 is 0 Å². The Labute approximate surface area is 155 Å². The topological polar surface area (TPSA) is 47.6 Å². The van der Waals surface area contributed by atoms with E-state index in [1.165, 1.54) is 0 Å². The number of carbonyl (C=O) groups excluding carboxylic acids is 1. The predicted octanol–water partition coefficient (Wildman–Crippen LogP) is 4.62. The Morgan fingerprint density at radius 2 is 1.73 bits per heavy atom. The quantitative estimate of drug-likeness (QED) is 0.705. The Balaban J connectivity index is 2.11. The van der Waals surface area contributed by atoms with Crippen LogP contribution in [0, 0.1) is 5.92 Å². The second kappa shape index (κ2) is 9.66. The largest absolute Gasteiger partial charge is 0.497 e. The van der Waals surface area contributed by atoms with Gasteiger partial charge in [0, 0.05) is 11.6 Å². The van der Waals surface area contributed by atoms with E-state index < -0.39 is 0 Å². The number of benzene rings is 2. The van der Waals surface area contributed by atoms with Gasteiger partial charge in [0.2, 0.25) is 5.91 Å². The molecule has 0 aliphatic rings. The van der Waals surface area contributed by atoms with Gasteiger partial charge in [-0.1, -0.05) is 44.2 Å². The van der Waals surface area contributed by atoms with Crippen molar-refractivity contribution in [3.8, 4) is 11.5 Å². The normalized spacial score (nSPS) is 12.2. The van der Waals surface area contributed by atoms with Crippen LogP contribution in [0.25, 0.3) is 6.08 Å². The van der Waals surface area contributed by atoms with Crippen molar-refractivity contribution in [1.29, 1.82) is 0 Å². The van der Waals surface area contributed by atoms with Gasteiger partial charge in [0.15, 0.2) is 0 Å². The summed E-state index contributed by atoms with van der Waals surface area (Å²) in [5.41, 5.74) is 1.94. The van der Waals surface area contributed by atoms with Crippen LogP contribution in [0.1, 0.15) is 37.4 Å². The first kappa shape index (κ1) is 19.6. The summed E-state index contributed by atoms with van der Waals surface area (Å²) < 4.78 is 10.5. The van der Waals surface area contributed by atoms with Crippen molar-refractivity contribution in [1.82, 2.24) is 5.32 Å². The molecule has 0 saturated carbocycles. The number of amides is 1. The number of rotatable bonds is 8. The summed E-state index contributed by atoms with van der Waals surface area (Å²) in [5, 5.41) is 3.10. The molecule has 1 amide bonds. The molecule has 0 fully saturated rings. The van der Waals surface area contributed by atoms with Gasteiger partial charge in [0.05, 0.1) is 20.3 Å². The fourth-order valence-electron chi connectivity index (χ4n) is 2.78. The Bertz CT molecular complexity index is 735. The van der Waals surface area contributed by atoms with Gasteiger partial charge in [-0.15, -0.1) is 0 Å². The third kappa shape index (κ3) is 5.66. The minimum absolute atomic E-state index is 0.0456. The fourth-order valence-corrected chi connectivity index (χ4v) is 2.78. The van der Waals surface area contributed by atoms with Crippen molar-refractivity contribution in [2.75, 3.05) is 14.2 Å². The van der Waals surface area contributed by atoms with Gasteiger partial charge in [0.25, 0.3) is 0 Å². The lowest BCUT2D eigenvalue weighted by atomic mass is 9.97. The van der Waals surface area contributed by atoms with E-state index in [0.717, 1.165) is 29.0 Å². The summed E-state index contributed by atoms with van der Waals surface area (Å²) in [6, 6.07) is 15.4. The van der Waals surface area contributed by atoms with Crippen LogP contribution in [0.5, 0.6) is 11.5 Å². The summed E-state index contributed by atoms with van der Waals surface area (Å²) >= 11 is 0. The smallest absolute Gasteiger partial charge is 0.244 e. The Hall–Kier alpha value is -2.75. The number of ether oxygens (including phenoxy) is 2. The van der Waals surface area contributed by atoms with Crippen LogP contribution >= 0.6 is 0 Å². The molecule has 0 bridgehead atoms. The van der Waals surface area contributed by atoms with Gasteiger partial charge in [-0.2, -0.15) is 0 Å². The minimum Gasteiger partial charge on any atom is -0.497 e. The van der Waals surface area contributed by atoms with Crippen LogP contribution in [0.2, 0.25) is 0 Å². The lowest BCUT2D eigenvalue weighted by molar-refractivity contribution is -0.117. The number of methoxy groups -OCH3 is 2. The SMILES string of the molecule is COc1ccc([C@H](CC(C)C)NC(=O)/C=C/c2ccccc2OC)cc1. The molecule has 0 radical (unpaired) electrons. The second-order valence-corrected chi connectivity index (χ2v) is 6.54. The molecule has 1 atom stereocenters. The molecule has 2 rings (SSSR count). The highest BCUT2D eigenvalue weighted by Crippen LogP contribution is 2.24. The summed E-state index contributed by atoms with van der Waals surface area (Å²) in [7, 11) is 3.26. The molecule has 2 aromatic rings. The molecule has 0 unspecified atom stereocenters. The monoisotopic (exact) mass is 353 g/mol. The molecular formula is C22H27NO3. The molecule has 0 saturated heterocycles. The summed E-state index contributed by atoms with van der Waals surface area (Å²) in [5.74, 6) is 1.88. The van der Waals surface area contributed by atoms with Crippen molar-refractivity contribution < 1.29 is 14.3 Å². The molecule has 0 spiro atoms. The van der Waals surface area contributed by atoms with Gasteiger partial charge in [-0.05, 0) is 42.2 Å². The van der Waals surface area contributed by atoms with Gasteiger partial charge in [0.1, 0.15) is 11.5 Å². The number of carbonyl (C=O) groups is 1. The predicted molar refractivity (Wildman–Crippen MR) is 105 cm³/mol. The standard InChI is InChI=1S/C22H27NO3/c1-16(2)15-20(17-9-12-19(25-3)13-10-17)23-22(24)14-11-18-7-5-6-8-21(18)26-4/h5-14,16,20H,15H2,1-4H3,(H,23,24)/b14-11+/t20-/m0/s1. The van der Waals surface area contributed by atoms with E-state index in [1.54, 1.807) is 26.4 Å². The van der Waals surface area contributed by atoms with E-state index in [1.807, 2.05) is 48.5 Å². The molecule has 4 nitrogen and oxygen atoms in total. The highest BCUT2D eigenvalue weighted by atomic mass is 16.5. The maximum Gasteiger partial charge on any atom is 0.244 e. The van der Waals surface area contributed by atoms with Crippen molar-refractivity contribution >= 4 is 12.0 Å². The summed E-state index contributed by atoms with van der Waals surface area (Å²) in [4.78, 5) is 12.4. The zero-order valence-electron chi connectivity index (χ0n) is 15.9. The van der Waals surface area contributed by atoms with Gasteiger partial charge in [-0.3, -0.25) is 4.79 Å². The highest BCUT2D eigenvalue weighted by molar-refractivity contribution is 5.92. The molecule has 138 valence electrons. The van der Waals surface area contributed by atoms with Crippen LogP contribution in [-0.2, 0) is 4.79 Å². The Morgan fingerprint density at radius 1 is 1.04 bits per heavy atom. The van der Waals surface area contributed by atoms with Crippen LogP contribution in [0.4, 0.5) is 0 Å². The average molecular weight is 353 g/mol. The second-order valence-electron chi connectivity index (χ2n) is 6.54. The van der Waals surface area contributed by atoms with E-state index >= 15 is 0 Å². The Kier molecular flexibility index (Phi) is 7.27. The molecule has 0 aromatic heterocycles. The number of hydrogen-bond acceptors (Lipinski definition) is 3. The lowest BCUT2D eigenvalue weighted by Crippen LogP contribution is -2.28. The molecule has 1 N–H and O–H groups in total. The van der Waals surface area contributed by atoms with Crippen LogP contribution in [0.3, 0.4) is 0 Å². The lowest BCUT2D eigenvalue weighted by Gasteiger charge is -2.20. The van der Waals surface area contributed by atoms with Crippen LogP contribution in [-0.4, -0.2) is 20.1 Å². The van der Waals surface area contributed by atoms with E-state index in [4.69, 9.17) is 9.47 Å². The third-order valence-corrected chi connectivity index (χ3v) is 4.09.